The number of carbonyl (C=O) groups excluding carboxylic acids is 1. The van der Waals surface area contributed by atoms with Gasteiger partial charge in [0.2, 0.25) is 5.91 Å². The Morgan fingerprint density at radius 2 is 2.21 bits per heavy atom. The second kappa shape index (κ2) is 3.88. The molecule has 1 aliphatic rings. The van der Waals surface area contributed by atoms with E-state index >= 15 is 0 Å². The number of amides is 1. The summed E-state index contributed by atoms with van der Waals surface area (Å²) in [6.07, 6.45) is 0.836. The molecule has 0 radical (unpaired) electrons. The molecule has 1 aromatic rings. The van der Waals surface area contributed by atoms with Gasteiger partial charge in [-0.05, 0) is 24.1 Å². The molecule has 3 N–H and O–H groups in total. The number of fused-ring (bicyclic) bond motifs is 1. The van der Waals surface area contributed by atoms with Gasteiger partial charge < -0.3 is 11.1 Å². The van der Waals surface area contributed by atoms with Crippen molar-refractivity contribution in [1.82, 2.24) is 0 Å². The Balaban J connectivity index is 0.000000980. The number of rotatable bonds is 1. The Bertz CT molecular complexity index is 365. The zero-order chi connectivity index (χ0) is 9.42. The first kappa shape index (κ1) is 10.9. The zero-order valence-corrected chi connectivity index (χ0v) is 8.73. The molecular weight excluding hydrogens is 200 g/mol. The highest BCUT2D eigenvalue weighted by molar-refractivity contribution is 6.03. The van der Waals surface area contributed by atoms with Crippen molar-refractivity contribution in [1.29, 1.82) is 0 Å². The Kier molecular flexibility index (Phi) is 3.01. The first-order chi connectivity index (χ1) is 6.22. The normalized spacial score (nSPS) is 18.4. The van der Waals surface area contributed by atoms with Crippen molar-refractivity contribution < 1.29 is 4.79 Å². The van der Waals surface area contributed by atoms with E-state index in [1.807, 2.05) is 25.1 Å². The fraction of sp³-hybridized carbons (Fsp3) is 0.300. The van der Waals surface area contributed by atoms with E-state index in [9.17, 15) is 4.79 Å². The van der Waals surface area contributed by atoms with Gasteiger partial charge in [0.25, 0.3) is 0 Å². The second-order valence-corrected chi connectivity index (χ2v) is 3.30. The molecule has 0 fully saturated rings. The van der Waals surface area contributed by atoms with Crippen LogP contribution in [0, 0.1) is 0 Å². The molecule has 0 bridgehead atoms. The third kappa shape index (κ3) is 1.55. The van der Waals surface area contributed by atoms with Gasteiger partial charge in [-0.3, -0.25) is 4.79 Å². The highest BCUT2D eigenvalue weighted by Gasteiger charge is 2.28. The molecule has 1 unspecified atom stereocenters. The number of benzene rings is 1. The average Bonchev–Trinajstić information content (AvgIpc) is 2.39. The molecule has 2 rings (SSSR count). The lowest BCUT2D eigenvalue weighted by Gasteiger charge is -2.03. The molecular formula is C10H13ClN2O. The number of nitrogens with two attached hydrogens (primary N) is 1. The van der Waals surface area contributed by atoms with E-state index in [-0.39, 0.29) is 24.2 Å². The van der Waals surface area contributed by atoms with E-state index in [1.165, 1.54) is 0 Å². The van der Waals surface area contributed by atoms with Gasteiger partial charge in [-0.1, -0.05) is 13.0 Å². The minimum absolute atomic E-state index is 0. The first-order valence-corrected chi connectivity index (χ1v) is 4.42. The van der Waals surface area contributed by atoms with Crippen molar-refractivity contribution in [3.05, 3.63) is 23.8 Å². The lowest BCUT2D eigenvalue weighted by atomic mass is 9.98. The molecule has 0 saturated carbocycles. The van der Waals surface area contributed by atoms with Crippen LogP contribution in [0.15, 0.2) is 18.2 Å². The summed E-state index contributed by atoms with van der Waals surface area (Å²) in [5, 5.41) is 2.82. The van der Waals surface area contributed by atoms with Gasteiger partial charge >= 0.3 is 0 Å². The number of carbonyl (C=O) groups is 1. The van der Waals surface area contributed by atoms with E-state index in [2.05, 4.69) is 5.32 Å². The van der Waals surface area contributed by atoms with Crippen LogP contribution in [-0.2, 0) is 4.79 Å². The van der Waals surface area contributed by atoms with Crippen molar-refractivity contribution in [3.63, 3.8) is 0 Å². The summed E-state index contributed by atoms with van der Waals surface area (Å²) in [5.41, 5.74) is 8.25. The van der Waals surface area contributed by atoms with Gasteiger partial charge in [-0.15, -0.1) is 12.4 Å². The van der Waals surface area contributed by atoms with Gasteiger partial charge in [0.1, 0.15) is 0 Å². The molecule has 4 heteroatoms. The van der Waals surface area contributed by atoms with Crippen LogP contribution in [0.25, 0.3) is 0 Å². The number of anilines is 2. The summed E-state index contributed by atoms with van der Waals surface area (Å²) in [6.45, 7) is 2.01. The van der Waals surface area contributed by atoms with Crippen LogP contribution >= 0.6 is 12.4 Å². The molecule has 1 heterocycles. The van der Waals surface area contributed by atoms with E-state index in [1.54, 1.807) is 0 Å². The van der Waals surface area contributed by atoms with Crippen molar-refractivity contribution >= 4 is 29.7 Å². The lowest BCUT2D eigenvalue weighted by molar-refractivity contribution is -0.117. The van der Waals surface area contributed by atoms with Crippen LogP contribution in [0.1, 0.15) is 24.8 Å². The van der Waals surface area contributed by atoms with Crippen molar-refractivity contribution in [3.8, 4) is 0 Å². The van der Waals surface area contributed by atoms with E-state index in [4.69, 9.17) is 5.73 Å². The Morgan fingerprint density at radius 1 is 1.50 bits per heavy atom. The fourth-order valence-electron chi connectivity index (χ4n) is 1.75. The highest BCUT2D eigenvalue weighted by atomic mass is 35.5. The maximum Gasteiger partial charge on any atom is 0.231 e. The van der Waals surface area contributed by atoms with Crippen LogP contribution in [0.5, 0.6) is 0 Å². The van der Waals surface area contributed by atoms with Crippen LogP contribution in [0.3, 0.4) is 0 Å². The van der Waals surface area contributed by atoms with Crippen molar-refractivity contribution in [2.45, 2.75) is 19.3 Å². The Morgan fingerprint density at radius 3 is 2.86 bits per heavy atom. The van der Waals surface area contributed by atoms with E-state index in [0.29, 0.717) is 5.69 Å². The first-order valence-electron chi connectivity index (χ1n) is 4.42. The highest BCUT2D eigenvalue weighted by Crippen LogP contribution is 2.35. The lowest BCUT2D eigenvalue weighted by Crippen LogP contribution is -2.10. The molecule has 1 atom stereocenters. The minimum atomic E-state index is 0. The largest absolute Gasteiger partial charge is 0.399 e. The molecule has 0 aromatic heterocycles. The van der Waals surface area contributed by atoms with Crippen LogP contribution in [-0.4, -0.2) is 5.91 Å². The number of hydrogen-bond acceptors (Lipinski definition) is 2. The number of nitrogen functional groups attached to an aromatic ring is 1. The van der Waals surface area contributed by atoms with Gasteiger partial charge in [0.15, 0.2) is 0 Å². The minimum Gasteiger partial charge on any atom is -0.399 e. The van der Waals surface area contributed by atoms with Gasteiger partial charge in [0.05, 0.1) is 5.92 Å². The predicted molar refractivity (Wildman–Crippen MR) is 59.8 cm³/mol. The molecule has 76 valence electrons. The summed E-state index contributed by atoms with van der Waals surface area (Å²) in [5.74, 6) is 0.0960. The van der Waals surface area contributed by atoms with E-state index in [0.717, 1.165) is 17.7 Å². The summed E-state index contributed by atoms with van der Waals surface area (Å²) >= 11 is 0. The third-order valence-electron chi connectivity index (χ3n) is 2.44. The summed E-state index contributed by atoms with van der Waals surface area (Å²) in [6, 6.07) is 5.57. The van der Waals surface area contributed by atoms with Crippen LogP contribution in [0.2, 0.25) is 0 Å². The number of nitrogens with one attached hydrogen (secondary N) is 1. The molecule has 0 spiro atoms. The van der Waals surface area contributed by atoms with Gasteiger partial charge in [-0.25, -0.2) is 0 Å². The zero-order valence-electron chi connectivity index (χ0n) is 7.91. The molecule has 14 heavy (non-hydrogen) atoms. The topological polar surface area (TPSA) is 55.1 Å². The molecule has 1 aromatic carbocycles. The maximum absolute atomic E-state index is 11.4. The average molecular weight is 213 g/mol. The van der Waals surface area contributed by atoms with Gasteiger partial charge in [0, 0.05) is 11.4 Å². The monoisotopic (exact) mass is 212 g/mol. The number of hydrogen-bond donors (Lipinski definition) is 2. The number of halogens is 1. The van der Waals surface area contributed by atoms with Crippen molar-refractivity contribution in [2.75, 3.05) is 11.1 Å². The summed E-state index contributed by atoms with van der Waals surface area (Å²) < 4.78 is 0. The molecule has 1 aliphatic heterocycles. The summed E-state index contributed by atoms with van der Waals surface area (Å²) in [4.78, 5) is 11.4. The van der Waals surface area contributed by atoms with Crippen molar-refractivity contribution in [2.24, 2.45) is 0 Å². The van der Waals surface area contributed by atoms with Crippen LogP contribution < -0.4 is 11.1 Å². The van der Waals surface area contributed by atoms with Gasteiger partial charge in [-0.2, -0.15) is 0 Å². The SMILES string of the molecule is CCC1C(=O)Nc2cc(N)ccc21.Cl. The molecule has 0 saturated heterocycles. The fourth-order valence-corrected chi connectivity index (χ4v) is 1.75. The Labute approximate surface area is 89.1 Å². The molecule has 3 nitrogen and oxygen atoms in total. The smallest absolute Gasteiger partial charge is 0.231 e. The molecule has 0 aliphatic carbocycles. The van der Waals surface area contributed by atoms with E-state index < -0.39 is 0 Å². The maximum atomic E-state index is 11.4. The standard InChI is InChI=1S/C10H12N2O.ClH/c1-2-7-8-4-3-6(11)5-9(8)12-10(7)13;/h3-5,7H,2,11H2,1H3,(H,12,13);1H. The third-order valence-corrected chi connectivity index (χ3v) is 2.44. The molecule has 1 amide bonds. The Hall–Kier alpha value is -1.22. The quantitative estimate of drug-likeness (QED) is 0.701. The second-order valence-electron chi connectivity index (χ2n) is 3.30. The summed E-state index contributed by atoms with van der Waals surface area (Å²) in [7, 11) is 0. The van der Waals surface area contributed by atoms with Crippen LogP contribution in [0.4, 0.5) is 11.4 Å². The predicted octanol–water partition coefficient (Wildman–Crippen LogP) is 2.14.